The molecule has 0 aromatic heterocycles. The third-order valence-corrected chi connectivity index (χ3v) is 3.05. The summed E-state index contributed by atoms with van der Waals surface area (Å²) in [5.41, 5.74) is 2.41. The van der Waals surface area contributed by atoms with E-state index in [0.717, 1.165) is 5.75 Å². The fourth-order valence-electron chi connectivity index (χ4n) is 1.94. The van der Waals surface area contributed by atoms with E-state index in [1.165, 1.54) is 11.1 Å². The summed E-state index contributed by atoms with van der Waals surface area (Å²) in [6, 6.07) is 7.30. The highest BCUT2D eigenvalue weighted by Gasteiger charge is 2.26. The van der Waals surface area contributed by atoms with Crippen molar-refractivity contribution in [3.8, 4) is 5.75 Å². The van der Waals surface area contributed by atoms with Crippen LogP contribution in [0.4, 0.5) is 0 Å². The highest BCUT2D eigenvalue weighted by molar-refractivity contribution is 5.47. The van der Waals surface area contributed by atoms with E-state index in [1.54, 1.807) is 0 Å². The van der Waals surface area contributed by atoms with Crippen LogP contribution in [0.2, 0.25) is 0 Å². The summed E-state index contributed by atoms with van der Waals surface area (Å²) in [5, 5.41) is 0. The van der Waals surface area contributed by atoms with Gasteiger partial charge in [-0.3, -0.25) is 0 Å². The van der Waals surface area contributed by atoms with E-state index >= 15 is 0 Å². The van der Waals surface area contributed by atoms with E-state index in [2.05, 4.69) is 47.6 Å². The molecule has 2 nitrogen and oxygen atoms in total. The summed E-state index contributed by atoms with van der Waals surface area (Å²) in [6.45, 7) is 16.1. The molecule has 1 aromatic rings. The Balaban J connectivity index is 3.25. The molecule has 19 heavy (non-hydrogen) atoms. The fourth-order valence-corrected chi connectivity index (χ4v) is 1.94. The predicted octanol–water partition coefficient (Wildman–Crippen LogP) is 4.45. The molecule has 0 aliphatic carbocycles. The standard InChI is InChI=1S/C17H27O2/c1-8-18-12-19-15-13(16(2,3)4)10-9-11-14(15)17(5,6)7/h10-11H,8,12H2,1-7H3. The number of hydrogen-bond acceptors (Lipinski definition) is 2. The van der Waals surface area contributed by atoms with Gasteiger partial charge in [0.2, 0.25) is 0 Å². The molecule has 0 bridgehead atoms. The monoisotopic (exact) mass is 263 g/mol. The number of ether oxygens (including phenoxy) is 2. The smallest absolute Gasteiger partial charge is 0.189 e. The molecule has 1 radical (unpaired) electrons. The third-order valence-electron chi connectivity index (χ3n) is 3.05. The Morgan fingerprint density at radius 1 is 0.947 bits per heavy atom. The third kappa shape index (κ3) is 4.24. The molecule has 0 saturated carbocycles. The minimum absolute atomic E-state index is 0.0271. The zero-order chi connectivity index (χ0) is 14.7. The Morgan fingerprint density at radius 3 is 1.79 bits per heavy atom. The Kier molecular flexibility index (Phi) is 5.03. The summed E-state index contributed by atoms with van der Waals surface area (Å²) in [7, 11) is 0. The average Bonchev–Trinajstić information content (AvgIpc) is 2.26. The zero-order valence-corrected chi connectivity index (χ0v) is 13.4. The first-order valence-corrected chi connectivity index (χ1v) is 6.93. The molecular formula is C17H27O2. The van der Waals surface area contributed by atoms with Crippen molar-refractivity contribution >= 4 is 0 Å². The van der Waals surface area contributed by atoms with Crippen LogP contribution in [0.3, 0.4) is 0 Å². The maximum atomic E-state index is 5.92. The largest absolute Gasteiger partial charge is 0.467 e. The number of rotatable bonds is 4. The highest BCUT2D eigenvalue weighted by Crippen LogP contribution is 2.39. The molecule has 1 rings (SSSR count). The topological polar surface area (TPSA) is 18.5 Å². The van der Waals surface area contributed by atoms with Gasteiger partial charge in [0.15, 0.2) is 6.79 Å². The fraction of sp³-hybridized carbons (Fsp3) is 0.647. The van der Waals surface area contributed by atoms with Crippen LogP contribution < -0.4 is 4.74 Å². The minimum Gasteiger partial charge on any atom is -0.467 e. The molecule has 0 saturated heterocycles. The predicted molar refractivity (Wildman–Crippen MR) is 79.8 cm³/mol. The lowest BCUT2D eigenvalue weighted by molar-refractivity contribution is 0.0203. The highest BCUT2D eigenvalue weighted by atomic mass is 16.7. The second kappa shape index (κ2) is 5.96. The second-order valence-corrected chi connectivity index (χ2v) is 6.87. The van der Waals surface area contributed by atoms with Gasteiger partial charge in [0.05, 0.1) is 0 Å². The molecule has 0 heterocycles. The average molecular weight is 263 g/mol. The Labute approximate surface area is 118 Å². The summed E-state index contributed by atoms with van der Waals surface area (Å²) in [6.07, 6.45) is 0. The molecule has 0 spiro atoms. The van der Waals surface area contributed by atoms with Gasteiger partial charge in [-0.05, 0) is 36.0 Å². The van der Waals surface area contributed by atoms with E-state index in [4.69, 9.17) is 9.47 Å². The molecule has 2 heteroatoms. The Hall–Kier alpha value is -1.02. The van der Waals surface area contributed by atoms with Crippen molar-refractivity contribution in [1.82, 2.24) is 0 Å². The van der Waals surface area contributed by atoms with Gasteiger partial charge in [-0.2, -0.15) is 0 Å². The first-order valence-electron chi connectivity index (χ1n) is 6.93. The van der Waals surface area contributed by atoms with Crippen molar-refractivity contribution in [2.45, 2.75) is 59.3 Å². The number of benzene rings is 1. The van der Waals surface area contributed by atoms with Crippen molar-refractivity contribution in [2.24, 2.45) is 0 Å². The Bertz CT molecular complexity index is 376. The number of hydrogen-bond donors (Lipinski definition) is 0. The molecule has 0 aliphatic rings. The molecule has 0 N–H and O–H groups in total. The van der Waals surface area contributed by atoms with Crippen LogP contribution in [0.25, 0.3) is 0 Å². The van der Waals surface area contributed by atoms with Crippen LogP contribution in [0, 0.1) is 6.07 Å². The van der Waals surface area contributed by atoms with Crippen molar-refractivity contribution in [2.75, 3.05) is 13.4 Å². The summed E-state index contributed by atoms with van der Waals surface area (Å²) in [4.78, 5) is 0. The molecular weight excluding hydrogens is 236 g/mol. The van der Waals surface area contributed by atoms with E-state index in [0.29, 0.717) is 13.4 Å². The molecule has 0 fully saturated rings. The Morgan fingerprint density at radius 2 is 1.42 bits per heavy atom. The van der Waals surface area contributed by atoms with Gasteiger partial charge in [-0.1, -0.05) is 41.5 Å². The van der Waals surface area contributed by atoms with Gasteiger partial charge < -0.3 is 9.47 Å². The van der Waals surface area contributed by atoms with E-state index in [9.17, 15) is 0 Å². The van der Waals surface area contributed by atoms with Crippen molar-refractivity contribution < 1.29 is 9.47 Å². The second-order valence-electron chi connectivity index (χ2n) is 6.87. The maximum absolute atomic E-state index is 5.92. The quantitative estimate of drug-likeness (QED) is 0.590. The van der Waals surface area contributed by atoms with Crippen LogP contribution in [-0.2, 0) is 15.6 Å². The molecule has 0 amide bonds. The van der Waals surface area contributed by atoms with Gasteiger partial charge in [0, 0.05) is 17.7 Å². The van der Waals surface area contributed by atoms with Crippen LogP contribution in [0.1, 0.15) is 59.6 Å². The maximum Gasteiger partial charge on any atom is 0.189 e. The normalized spacial score (nSPS) is 12.6. The summed E-state index contributed by atoms with van der Waals surface area (Å²) in [5.74, 6) is 0.951. The molecule has 1 aromatic carbocycles. The first-order chi connectivity index (χ1) is 8.68. The molecule has 0 atom stereocenters. The lowest BCUT2D eigenvalue weighted by Crippen LogP contribution is -2.20. The van der Waals surface area contributed by atoms with Gasteiger partial charge in [0.1, 0.15) is 5.75 Å². The van der Waals surface area contributed by atoms with Crippen LogP contribution >= 0.6 is 0 Å². The van der Waals surface area contributed by atoms with Crippen molar-refractivity contribution in [3.63, 3.8) is 0 Å². The van der Waals surface area contributed by atoms with Gasteiger partial charge in [0.25, 0.3) is 0 Å². The summed E-state index contributed by atoms with van der Waals surface area (Å²) < 4.78 is 11.3. The van der Waals surface area contributed by atoms with Crippen LogP contribution in [0.5, 0.6) is 5.75 Å². The van der Waals surface area contributed by atoms with Crippen molar-refractivity contribution in [1.29, 1.82) is 0 Å². The van der Waals surface area contributed by atoms with Gasteiger partial charge in [-0.25, -0.2) is 0 Å². The lowest BCUT2D eigenvalue weighted by Gasteiger charge is -2.29. The molecule has 0 unspecified atom stereocenters. The lowest BCUT2D eigenvalue weighted by atomic mass is 9.79. The van der Waals surface area contributed by atoms with Crippen LogP contribution in [0.15, 0.2) is 12.1 Å². The van der Waals surface area contributed by atoms with Gasteiger partial charge >= 0.3 is 0 Å². The van der Waals surface area contributed by atoms with E-state index < -0.39 is 0 Å². The van der Waals surface area contributed by atoms with Gasteiger partial charge in [-0.15, -0.1) is 0 Å². The van der Waals surface area contributed by atoms with E-state index in [-0.39, 0.29) is 10.8 Å². The minimum atomic E-state index is 0.0271. The van der Waals surface area contributed by atoms with Crippen LogP contribution in [-0.4, -0.2) is 13.4 Å². The zero-order valence-electron chi connectivity index (χ0n) is 13.4. The summed E-state index contributed by atoms with van der Waals surface area (Å²) >= 11 is 0. The van der Waals surface area contributed by atoms with Crippen molar-refractivity contribution in [3.05, 3.63) is 29.3 Å². The molecule has 0 aliphatic heterocycles. The first kappa shape index (κ1) is 16.0. The SMILES string of the molecule is CCOCOc1c(C(C)(C)C)c[c]cc1C(C)(C)C. The molecule has 107 valence electrons. The van der Waals surface area contributed by atoms with E-state index in [1.807, 2.05) is 19.1 Å².